The van der Waals surface area contributed by atoms with E-state index in [4.69, 9.17) is 11.6 Å². The van der Waals surface area contributed by atoms with Gasteiger partial charge in [0.25, 0.3) is 5.56 Å². The van der Waals surface area contributed by atoms with Gasteiger partial charge in [0.05, 0.1) is 5.69 Å². The number of aromatic nitrogens is 2. The van der Waals surface area contributed by atoms with E-state index >= 15 is 0 Å². The fourth-order valence-electron chi connectivity index (χ4n) is 1.70. The van der Waals surface area contributed by atoms with Gasteiger partial charge in [-0.3, -0.25) is 9.20 Å². The first-order valence-electron chi connectivity index (χ1n) is 5.63. The summed E-state index contributed by atoms with van der Waals surface area (Å²) >= 11 is 7.26. The fraction of sp³-hybridized carbons (Fsp3) is 0. The highest BCUT2D eigenvalue weighted by molar-refractivity contribution is 7.15. The molecule has 0 aliphatic rings. The van der Waals surface area contributed by atoms with Gasteiger partial charge in [0.15, 0.2) is 4.96 Å². The van der Waals surface area contributed by atoms with Gasteiger partial charge in [0, 0.05) is 22.7 Å². The zero-order chi connectivity index (χ0) is 13.2. The Morgan fingerprint density at radius 2 is 2.00 bits per heavy atom. The summed E-state index contributed by atoms with van der Waals surface area (Å²) < 4.78 is 1.53. The molecule has 94 valence electrons. The van der Waals surface area contributed by atoms with Gasteiger partial charge in [-0.1, -0.05) is 29.8 Å². The minimum atomic E-state index is -0.0676. The summed E-state index contributed by atoms with van der Waals surface area (Å²) in [4.78, 5) is 16.9. The molecule has 19 heavy (non-hydrogen) atoms. The number of halogens is 1. The highest BCUT2D eigenvalue weighted by atomic mass is 35.5. The van der Waals surface area contributed by atoms with Crippen molar-refractivity contribution in [3.63, 3.8) is 0 Å². The molecular formula is C14H9ClN2OS. The van der Waals surface area contributed by atoms with Gasteiger partial charge in [-0.05, 0) is 23.8 Å². The lowest BCUT2D eigenvalue weighted by Gasteiger charge is -1.96. The van der Waals surface area contributed by atoms with Crippen molar-refractivity contribution >= 4 is 40.1 Å². The number of benzene rings is 1. The molecule has 2 aromatic heterocycles. The molecule has 2 heterocycles. The van der Waals surface area contributed by atoms with Crippen LogP contribution >= 0.6 is 22.9 Å². The van der Waals surface area contributed by atoms with Crippen molar-refractivity contribution in [2.24, 2.45) is 0 Å². The van der Waals surface area contributed by atoms with Crippen LogP contribution in [0.2, 0.25) is 5.02 Å². The first-order chi connectivity index (χ1) is 9.22. The molecule has 0 bridgehead atoms. The molecule has 0 atom stereocenters. The van der Waals surface area contributed by atoms with Crippen molar-refractivity contribution in [1.29, 1.82) is 0 Å². The topological polar surface area (TPSA) is 34.4 Å². The Morgan fingerprint density at radius 3 is 2.79 bits per heavy atom. The Labute approximate surface area is 118 Å². The highest BCUT2D eigenvalue weighted by Crippen LogP contribution is 2.12. The van der Waals surface area contributed by atoms with Crippen molar-refractivity contribution in [1.82, 2.24) is 9.38 Å². The maximum atomic E-state index is 11.8. The van der Waals surface area contributed by atoms with Crippen LogP contribution < -0.4 is 5.56 Å². The van der Waals surface area contributed by atoms with E-state index in [1.807, 2.05) is 41.8 Å². The van der Waals surface area contributed by atoms with Gasteiger partial charge in [-0.25, -0.2) is 4.98 Å². The highest BCUT2D eigenvalue weighted by Gasteiger charge is 2.00. The number of thiazole rings is 1. The molecule has 3 nitrogen and oxygen atoms in total. The van der Waals surface area contributed by atoms with Crippen LogP contribution in [0.25, 0.3) is 17.1 Å². The number of fused-ring (bicyclic) bond motifs is 1. The predicted molar refractivity (Wildman–Crippen MR) is 79.7 cm³/mol. The van der Waals surface area contributed by atoms with Crippen molar-refractivity contribution in [3.8, 4) is 0 Å². The molecule has 0 fully saturated rings. The first kappa shape index (κ1) is 12.1. The molecule has 1 aromatic carbocycles. The number of hydrogen-bond donors (Lipinski definition) is 0. The molecule has 0 aliphatic carbocycles. The van der Waals surface area contributed by atoms with E-state index in [0.29, 0.717) is 15.7 Å². The van der Waals surface area contributed by atoms with E-state index in [0.717, 1.165) is 5.56 Å². The fourth-order valence-corrected chi connectivity index (χ4v) is 2.55. The van der Waals surface area contributed by atoms with Crippen LogP contribution in [0.5, 0.6) is 0 Å². The summed E-state index contributed by atoms with van der Waals surface area (Å²) in [5.74, 6) is 0. The second kappa shape index (κ2) is 4.99. The average molecular weight is 289 g/mol. The molecule has 3 rings (SSSR count). The third-order valence-corrected chi connectivity index (χ3v) is 3.65. The van der Waals surface area contributed by atoms with Crippen LogP contribution in [0.4, 0.5) is 0 Å². The summed E-state index contributed by atoms with van der Waals surface area (Å²) in [5.41, 5.74) is 1.60. The predicted octanol–water partition coefficient (Wildman–Crippen LogP) is 3.58. The molecule has 0 radical (unpaired) electrons. The minimum Gasteiger partial charge on any atom is -0.269 e. The number of hydrogen-bond acceptors (Lipinski definition) is 3. The third kappa shape index (κ3) is 2.59. The maximum absolute atomic E-state index is 11.8. The quantitative estimate of drug-likeness (QED) is 0.722. The number of nitrogens with zero attached hydrogens (tertiary/aromatic N) is 2. The Bertz CT molecular complexity index is 802. The third-order valence-electron chi connectivity index (χ3n) is 2.64. The van der Waals surface area contributed by atoms with Gasteiger partial charge < -0.3 is 0 Å². The van der Waals surface area contributed by atoms with Crippen LogP contribution in [0, 0.1) is 0 Å². The van der Waals surface area contributed by atoms with Crippen molar-refractivity contribution in [2.75, 3.05) is 0 Å². The average Bonchev–Trinajstić information content (AvgIpc) is 2.87. The van der Waals surface area contributed by atoms with E-state index in [1.165, 1.54) is 21.8 Å². The molecule has 0 amide bonds. The summed E-state index contributed by atoms with van der Waals surface area (Å²) in [6, 6.07) is 8.99. The summed E-state index contributed by atoms with van der Waals surface area (Å²) in [6.45, 7) is 0. The van der Waals surface area contributed by atoms with Crippen LogP contribution in [0.15, 0.2) is 46.7 Å². The second-order valence-corrected chi connectivity index (χ2v) is 5.27. The molecule has 0 saturated heterocycles. The SMILES string of the molecule is O=c1cc(C=Cc2ccc(Cl)cc2)nc2sccn12. The zero-order valence-corrected chi connectivity index (χ0v) is 11.4. The van der Waals surface area contributed by atoms with Crippen LogP contribution in [0.3, 0.4) is 0 Å². The molecule has 0 unspecified atom stereocenters. The van der Waals surface area contributed by atoms with Gasteiger partial charge in [0.1, 0.15) is 0 Å². The zero-order valence-electron chi connectivity index (χ0n) is 9.79. The Hall–Kier alpha value is -1.91. The molecule has 0 saturated carbocycles. The second-order valence-electron chi connectivity index (χ2n) is 3.96. The van der Waals surface area contributed by atoms with Gasteiger partial charge in [0.2, 0.25) is 0 Å². The normalized spacial score (nSPS) is 11.4. The lowest BCUT2D eigenvalue weighted by atomic mass is 10.2. The van der Waals surface area contributed by atoms with Crippen molar-refractivity contribution < 1.29 is 0 Å². The van der Waals surface area contributed by atoms with Crippen LogP contribution in [0.1, 0.15) is 11.3 Å². The molecule has 3 aromatic rings. The van der Waals surface area contributed by atoms with Crippen LogP contribution in [-0.4, -0.2) is 9.38 Å². The molecule has 0 spiro atoms. The summed E-state index contributed by atoms with van der Waals surface area (Å²) in [7, 11) is 0. The van der Waals surface area contributed by atoms with E-state index in [-0.39, 0.29) is 5.56 Å². The van der Waals surface area contributed by atoms with E-state index in [2.05, 4.69) is 4.98 Å². The van der Waals surface area contributed by atoms with Gasteiger partial charge >= 0.3 is 0 Å². The Balaban J connectivity index is 1.96. The van der Waals surface area contributed by atoms with Gasteiger partial charge in [-0.15, -0.1) is 11.3 Å². The van der Waals surface area contributed by atoms with Crippen LogP contribution in [-0.2, 0) is 0 Å². The van der Waals surface area contributed by atoms with E-state index in [9.17, 15) is 4.79 Å². The van der Waals surface area contributed by atoms with Crippen molar-refractivity contribution in [2.45, 2.75) is 0 Å². The van der Waals surface area contributed by atoms with Gasteiger partial charge in [-0.2, -0.15) is 0 Å². The monoisotopic (exact) mass is 288 g/mol. The Morgan fingerprint density at radius 1 is 1.21 bits per heavy atom. The smallest absolute Gasteiger partial charge is 0.259 e. The Kier molecular flexibility index (Phi) is 3.19. The minimum absolute atomic E-state index is 0.0676. The van der Waals surface area contributed by atoms with E-state index in [1.54, 1.807) is 6.20 Å². The molecule has 0 N–H and O–H groups in total. The maximum Gasteiger partial charge on any atom is 0.259 e. The standard InChI is InChI=1S/C14H9ClN2OS/c15-11-4-1-10(2-5-11)3-6-12-9-13(18)17-7-8-19-14(17)16-12/h1-9H. The summed E-state index contributed by atoms with van der Waals surface area (Å²) in [5, 5.41) is 2.55. The summed E-state index contributed by atoms with van der Waals surface area (Å²) in [6.07, 6.45) is 5.45. The first-order valence-corrected chi connectivity index (χ1v) is 6.89. The number of rotatable bonds is 2. The molecule has 0 aliphatic heterocycles. The largest absolute Gasteiger partial charge is 0.269 e. The lowest BCUT2D eigenvalue weighted by Crippen LogP contribution is -2.11. The van der Waals surface area contributed by atoms with E-state index < -0.39 is 0 Å². The molecule has 5 heteroatoms. The molecular weight excluding hydrogens is 280 g/mol. The lowest BCUT2D eigenvalue weighted by molar-refractivity contribution is 1.07. The van der Waals surface area contributed by atoms with Crippen molar-refractivity contribution in [3.05, 3.63) is 68.5 Å².